The topological polar surface area (TPSA) is 33.7 Å². The van der Waals surface area contributed by atoms with Crippen LogP contribution >= 0.6 is 11.6 Å². The van der Waals surface area contributed by atoms with Gasteiger partial charge in [0.2, 0.25) is 0 Å². The van der Waals surface area contributed by atoms with Crippen LogP contribution in [0, 0.1) is 0 Å². The van der Waals surface area contributed by atoms with Gasteiger partial charge < -0.3 is 19.7 Å². The molecule has 4 nitrogen and oxygen atoms in total. The maximum atomic E-state index is 6.46. The molecule has 0 amide bonds. The number of nitrogens with zero attached hydrogens (tertiary/aromatic N) is 1. The second-order valence-corrected chi connectivity index (χ2v) is 7.25. The molecular weight excluding hydrogens is 336 g/mol. The highest BCUT2D eigenvalue weighted by Crippen LogP contribution is 2.35. The summed E-state index contributed by atoms with van der Waals surface area (Å²) in [6.07, 6.45) is 1.27. The first-order valence-corrected chi connectivity index (χ1v) is 9.21. The van der Waals surface area contributed by atoms with Crippen LogP contribution in [-0.2, 0) is 4.74 Å². The molecule has 0 aliphatic carbocycles. The number of nitrogens with one attached hydrogen (secondary N) is 1. The van der Waals surface area contributed by atoms with E-state index in [4.69, 9.17) is 21.1 Å². The van der Waals surface area contributed by atoms with Crippen molar-refractivity contribution in [1.29, 1.82) is 0 Å². The number of fused-ring (bicyclic) bond motifs is 1. The van der Waals surface area contributed by atoms with Crippen LogP contribution in [0.4, 0.5) is 0 Å². The van der Waals surface area contributed by atoms with E-state index >= 15 is 0 Å². The van der Waals surface area contributed by atoms with Gasteiger partial charge in [0, 0.05) is 24.4 Å². The van der Waals surface area contributed by atoms with E-state index in [9.17, 15) is 0 Å². The number of hydrogen-bond donors (Lipinski definition) is 1. The standard InChI is InChI=1S/C20H27ClN2O2/c1-23(2)10-8-16(19-13-22-9-11-25-19)14-4-6-17-15(12-14)5-7-18(24-3)20(17)21/h4-7,12,16,19,22H,8-11,13H2,1-3H3. The normalized spacial score (nSPS) is 19.3. The molecule has 2 atom stereocenters. The van der Waals surface area contributed by atoms with Crippen LogP contribution < -0.4 is 10.1 Å². The van der Waals surface area contributed by atoms with Gasteiger partial charge >= 0.3 is 0 Å². The fourth-order valence-electron chi connectivity index (χ4n) is 3.49. The lowest BCUT2D eigenvalue weighted by Gasteiger charge is -2.32. The van der Waals surface area contributed by atoms with Crippen LogP contribution in [0.25, 0.3) is 10.8 Å². The second-order valence-electron chi connectivity index (χ2n) is 6.87. The molecule has 0 bridgehead atoms. The lowest BCUT2D eigenvalue weighted by Crippen LogP contribution is -2.42. The Balaban J connectivity index is 1.93. The zero-order chi connectivity index (χ0) is 17.8. The van der Waals surface area contributed by atoms with Crippen LogP contribution in [0.15, 0.2) is 30.3 Å². The first-order chi connectivity index (χ1) is 12.1. The Bertz CT molecular complexity index is 714. The largest absolute Gasteiger partial charge is 0.495 e. The van der Waals surface area contributed by atoms with Crippen LogP contribution in [0.3, 0.4) is 0 Å². The molecule has 2 aromatic carbocycles. The van der Waals surface area contributed by atoms with Gasteiger partial charge in [0.05, 0.1) is 24.8 Å². The van der Waals surface area contributed by atoms with Gasteiger partial charge in [-0.15, -0.1) is 0 Å². The van der Waals surface area contributed by atoms with Crippen LogP contribution in [0.2, 0.25) is 5.02 Å². The van der Waals surface area contributed by atoms with Crippen molar-refractivity contribution in [2.45, 2.75) is 18.4 Å². The Morgan fingerprint density at radius 3 is 2.84 bits per heavy atom. The first kappa shape index (κ1) is 18.5. The highest BCUT2D eigenvalue weighted by Gasteiger charge is 2.26. The molecule has 1 aliphatic heterocycles. The third kappa shape index (κ3) is 4.26. The number of benzene rings is 2. The van der Waals surface area contributed by atoms with Gasteiger partial charge in [-0.2, -0.15) is 0 Å². The van der Waals surface area contributed by atoms with Crippen LogP contribution in [-0.4, -0.2) is 58.5 Å². The van der Waals surface area contributed by atoms with Gasteiger partial charge in [-0.05, 0) is 44.1 Å². The average Bonchev–Trinajstić information content (AvgIpc) is 2.63. The Labute approximate surface area is 155 Å². The molecule has 0 spiro atoms. The minimum absolute atomic E-state index is 0.208. The van der Waals surface area contributed by atoms with Crippen molar-refractivity contribution in [2.75, 3.05) is 47.4 Å². The molecule has 1 heterocycles. The van der Waals surface area contributed by atoms with E-state index in [-0.39, 0.29) is 6.10 Å². The minimum atomic E-state index is 0.208. The molecule has 0 saturated carbocycles. The summed E-state index contributed by atoms with van der Waals surface area (Å²) in [6.45, 7) is 3.65. The molecule has 136 valence electrons. The Morgan fingerprint density at radius 2 is 2.16 bits per heavy atom. The number of ether oxygens (including phenoxy) is 2. The fourth-order valence-corrected chi connectivity index (χ4v) is 3.80. The third-order valence-electron chi connectivity index (χ3n) is 4.88. The zero-order valence-electron chi connectivity index (χ0n) is 15.2. The van der Waals surface area contributed by atoms with Crippen LogP contribution in [0.5, 0.6) is 5.75 Å². The van der Waals surface area contributed by atoms with E-state index in [1.165, 1.54) is 5.56 Å². The monoisotopic (exact) mass is 362 g/mol. The van der Waals surface area contributed by atoms with Gasteiger partial charge in [-0.25, -0.2) is 0 Å². The predicted molar refractivity (Wildman–Crippen MR) is 104 cm³/mol. The molecule has 25 heavy (non-hydrogen) atoms. The summed E-state index contributed by atoms with van der Waals surface area (Å²) < 4.78 is 11.4. The Kier molecular flexibility index (Phi) is 6.18. The van der Waals surface area contributed by atoms with Crippen molar-refractivity contribution in [2.24, 2.45) is 0 Å². The van der Waals surface area contributed by atoms with E-state index in [2.05, 4.69) is 48.6 Å². The van der Waals surface area contributed by atoms with E-state index in [1.54, 1.807) is 7.11 Å². The predicted octanol–water partition coefficient (Wildman–Crippen LogP) is 3.53. The summed E-state index contributed by atoms with van der Waals surface area (Å²) in [4.78, 5) is 2.23. The van der Waals surface area contributed by atoms with E-state index in [0.29, 0.717) is 16.7 Å². The van der Waals surface area contributed by atoms with E-state index in [0.717, 1.165) is 43.4 Å². The lowest BCUT2D eigenvalue weighted by atomic mass is 9.88. The lowest BCUT2D eigenvalue weighted by molar-refractivity contribution is 0.00813. The SMILES string of the molecule is COc1ccc2cc(C(CCN(C)C)C3CNCCO3)ccc2c1Cl. The number of morpholine rings is 1. The fraction of sp³-hybridized carbons (Fsp3) is 0.500. The summed E-state index contributed by atoms with van der Waals surface area (Å²) in [7, 11) is 5.87. The molecule has 0 radical (unpaired) electrons. The van der Waals surface area contributed by atoms with Gasteiger partial charge in [-0.3, -0.25) is 0 Å². The number of methoxy groups -OCH3 is 1. The Morgan fingerprint density at radius 1 is 1.32 bits per heavy atom. The second kappa shape index (κ2) is 8.37. The zero-order valence-corrected chi connectivity index (χ0v) is 16.0. The first-order valence-electron chi connectivity index (χ1n) is 8.83. The molecule has 1 saturated heterocycles. The molecule has 1 aliphatic rings. The summed E-state index contributed by atoms with van der Waals surface area (Å²) in [5.41, 5.74) is 1.31. The van der Waals surface area contributed by atoms with Crippen molar-refractivity contribution >= 4 is 22.4 Å². The summed E-state index contributed by atoms with van der Waals surface area (Å²) >= 11 is 6.46. The molecule has 2 aromatic rings. The van der Waals surface area contributed by atoms with Crippen LogP contribution in [0.1, 0.15) is 17.9 Å². The van der Waals surface area contributed by atoms with Crippen molar-refractivity contribution in [3.05, 3.63) is 40.9 Å². The summed E-state index contributed by atoms with van der Waals surface area (Å²) in [5, 5.41) is 6.30. The molecule has 0 aromatic heterocycles. The maximum absolute atomic E-state index is 6.46. The molecule has 1 N–H and O–H groups in total. The van der Waals surface area contributed by atoms with Gasteiger partial charge in [0.1, 0.15) is 5.75 Å². The van der Waals surface area contributed by atoms with Crippen molar-refractivity contribution in [3.8, 4) is 5.75 Å². The molecule has 1 fully saturated rings. The molecule has 5 heteroatoms. The Hall–Kier alpha value is -1.33. The van der Waals surface area contributed by atoms with E-state index in [1.807, 2.05) is 6.07 Å². The molecular formula is C20H27ClN2O2. The van der Waals surface area contributed by atoms with Crippen molar-refractivity contribution < 1.29 is 9.47 Å². The average molecular weight is 363 g/mol. The van der Waals surface area contributed by atoms with Crippen molar-refractivity contribution in [3.63, 3.8) is 0 Å². The minimum Gasteiger partial charge on any atom is -0.495 e. The van der Waals surface area contributed by atoms with Gasteiger partial charge in [0.15, 0.2) is 0 Å². The third-order valence-corrected chi connectivity index (χ3v) is 5.27. The number of rotatable bonds is 6. The van der Waals surface area contributed by atoms with Gasteiger partial charge in [0.25, 0.3) is 0 Å². The highest BCUT2D eigenvalue weighted by molar-refractivity contribution is 6.37. The summed E-state index contributed by atoms with van der Waals surface area (Å²) in [5.74, 6) is 1.08. The number of hydrogen-bond acceptors (Lipinski definition) is 4. The highest BCUT2D eigenvalue weighted by atomic mass is 35.5. The smallest absolute Gasteiger partial charge is 0.138 e. The van der Waals surface area contributed by atoms with E-state index < -0.39 is 0 Å². The summed E-state index contributed by atoms with van der Waals surface area (Å²) in [6, 6.07) is 10.5. The van der Waals surface area contributed by atoms with Crippen molar-refractivity contribution in [1.82, 2.24) is 10.2 Å². The quantitative estimate of drug-likeness (QED) is 0.852. The number of halogens is 1. The molecule has 3 rings (SSSR count). The molecule has 2 unspecified atom stereocenters. The maximum Gasteiger partial charge on any atom is 0.138 e. The van der Waals surface area contributed by atoms with Gasteiger partial charge in [-0.1, -0.05) is 35.9 Å².